The number of hydrogen-bond donors (Lipinski definition) is 0. The molecule has 13 nitrogen and oxygen atoms in total. The number of para-hydroxylation sites is 7. The van der Waals surface area contributed by atoms with E-state index in [0.29, 0.717) is 44.7 Å². The van der Waals surface area contributed by atoms with Gasteiger partial charge in [0.05, 0.1) is 81.3 Å². The molecule has 1 aliphatic rings. The first-order valence-electron chi connectivity index (χ1n) is 43.4. The highest BCUT2D eigenvalue weighted by Gasteiger charge is 2.28. The standard InChI is InChI=1S/C52H30N6O.C28H15FN4O.C25H17N/c53-31-32-23-26-44(58-42-20-10-7-17-36(42)38-25-27-45-48(49(38)58)39-19-8-11-21-43(39)57(45)35-15-5-2-6-16-35)41(29-32)52-55-50(33-13-3-1-4-14-33)54-51(56-52)34-24-28-47-40(30-34)37-18-9-12-22-46(37)59-47;29-23-12-10-17(16-30)14-22(23)28-32-26(18-6-2-1-3-7-18)31-27(33-28)19-11-13-25-21(15-19)20-8-4-5-9-24(20)34-25;1-2-9-18(10-3-1)26-23-13-7-6-12-21(23)25-22-16-17-8-4-5-11-19(17)20(22)14-15-24(25)26/h1-30H;1-15H;1-15H,16H2/i1D,3D,4D,13D,14D;1D,2D,3D,6D,7D;. The molecule has 0 aliphatic heterocycles. The second-order valence-electron chi connectivity index (χ2n) is 28.8. The molecule has 14 heteroatoms. The summed E-state index contributed by atoms with van der Waals surface area (Å²) in [5.41, 5.74) is 19.3. The van der Waals surface area contributed by atoms with Crippen molar-refractivity contribution in [1.82, 2.24) is 43.6 Å². The first-order valence-corrected chi connectivity index (χ1v) is 38.4. The van der Waals surface area contributed by atoms with E-state index in [1.54, 1.807) is 30.3 Å². The summed E-state index contributed by atoms with van der Waals surface area (Å²) >= 11 is 0. The van der Waals surface area contributed by atoms with E-state index in [0.717, 1.165) is 88.9 Å². The maximum absolute atomic E-state index is 15.0. The van der Waals surface area contributed by atoms with Crippen molar-refractivity contribution in [2.24, 2.45) is 0 Å². The molecule has 0 saturated heterocycles. The van der Waals surface area contributed by atoms with Crippen molar-refractivity contribution in [2.45, 2.75) is 6.42 Å². The molecular weight excluding hydrogens is 1470 g/mol. The summed E-state index contributed by atoms with van der Waals surface area (Å²) < 4.78 is 118. The van der Waals surface area contributed by atoms with Crippen LogP contribution in [0.15, 0.2) is 373 Å². The molecule has 0 bridgehead atoms. The van der Waals surface area contributed by atoms with Crippen molar-refractivity contribution >= 4 is 109 Å². The molecule has 7 heterocycles. The lowest BCUT2D eigenvalue weighted by atomic mass is 10.0. The van der Waals surface area contributed by atoms with Crippen LogP contribution in [-0.4, -0.2) is 43.6 Å². The Hall–Kier alpha value is -16.6. The van der Waals surface area contributed by atoms with Gasteiger partial charge in [-0.25, -0.2) is 34.3 Å². The quantitative estimate of drug-likeness (QED) is 0.136. The van der Waals surface area contributed by atoms with Crippen molar-refractivity contribution < 1.29 is 26.9 Å². The van der Waals surface area contributed by atoms with Crippen LogP contribution in [0, 0.1) is 28.5 Å². The molecule has 0 saturated carbocycles. The number of nitrogens with zero attached hydrogens (tertiary/aromatic N) is 11. The topological polar surface area (TPSA) is 166 Å². The third-order valence-corrected chi connectivity index (χ3v) is 22.1. The number of benzene rings is 16. The van der Waals surface area contributed by atoms with Gasteiger partial charge in [0, 0.05) is 93.1 Å². The smallest absolute Gasteiger partial charge is 0.167 e. The summed E-state index contributed by atoms with van der Waals surface area (Å²) in [6.07, 6.45) is 1.02. The number of fused-ring (bicyclic) bond motifs is 20. The molecule has 556 valence electrons. The van der Waals surface area contributed by atoms with Gasteiger partial charge in [-0.1, -0.05) is 224 Å². The maximum atomic E-state index is 15.0. The van der Waals surface area contributed by atoms with Crippen LogP contribution in [0.5, 0.6) is 0 Å². The zero-order valence-corrected chi connectivity index (χ0v) is 62.7. The third-order valence-electron chi connectivity index (χ3n) is 22.1. The fourth-order valence-corrected chi connectivity index (χ4v) is 16.8. The van der Waals surface area contributed by atoms with Crippen LogP contribution >= 0.6 is 0 Å². The van der Waals surface area contributed by atoms with E-state index in [4.69, 9.17) is 37.5 Å². The first kappa shape index (κ1) is 59.2. The molecule has 0 unspecified atom stereocenters. The molecule has 0 amide bonds. The van der Waals surface area contributed by atoms with Crippen LogP contribution in [0.4, 0.5) is 4.39 Å². The number of aromatic nitrogens is 9. The van der Waals surface area contributed by atoms with Crippen LogP contribution in [0.3, 0.4) is 0 Å². The molecule has 16 aromatic carbocycles. The summed E-state index contributed by atoms with van der Waals surface area (Å²) in [4.78, 5) is 28.2. The average molecular weight is 1540 g/mol. The molecular formula is C105H62FN11O2. The number of nitriles is 2. The SMILES string of the molecule is [2H]c1c([2H])c([2H])c(-c2nc(-c3ccc4oc5ccccc5c4c3)nc(-c3cc(C#N)ccc3-n3c4ccccc4c4ccc5c(c6ccccc6n5-c5ccccc5)c43)n2)c([2H])c1[2H].[2H]c1c([2H])c([2H])c(-c2nc(-c3ccc4oc5ccccc5c4c3)nc(-c3cc(C#N)ccc3F)n2)c([2H])c1[2H].c1ccc(-n2c3ccccc3c3c4c(ccc32)-c2ccccc2C4)cc1. The Morgan fingerprint density at radius 2 is 0.748 bits per heavy atom. The van der Waals surface area contributed by atoms with E-state index in [9.17, 15) is 14.9 Å². The highest BCUT2D eigenvalue weighted by atomic mass is 19.1. The van der Waals surface area contributed by atoms with E-state index in [2.05, 4.69) is 174 Å². The Balaban J connectivity index is 0.000000127. The molecule has 0 fully saturated rings. The molecule has 1 aliphatic carbocycles. The van der Waals surface area contributed by atoms with Gasteiger partial charge in [0.25, 0.3) is 0 Å². The van der Waals surface area contributed by atoms with Crippen LogP contribution in [-0.2, 0) is 6.42 Å². The van der Waals surface area contributed by atoms with Gasteiger partial charge in [0.1, 0.15) is 28.1 Å². The van der Waals surface area contributed by atoms with Gasteiger partial charge in [-0.05, 0) is 168 Å². The highest BCUT2D eigenvalue weighted by Crippen LogP contribution is 2.47. The fraction of sp³-hybridized carbons (Fsp3) is 0.00952. The van der Waals surface area contributed by atoms with Crippen molar-refractivity contribution in [3.8, 4) is 109 Å². The number of furan rings is 2. The van der Waals surface area contributed by atoms with Crippen LogP contribution in [0.2, 0.25) is 0 Å². The Morgan fingerprint density at radius 3 is 1.32 bits per heavy atom. The first-order chi connectivity index (χ1) is 63.0. The van der Waals surface area contributed by atoms with E-state index in [1.807, 2.05) is 121 Å². The van der Waals surface area contributed by atoms with E-state index in [-0.39, 0.29) is 57.2 Å². The molecule has 0 N–H and O–H groups in total. The summed E-state index contributed by atoms with van der Waals surface area (Å²) in [6.45, 7) is 0. The second-order valence-corrected chi connectivity index (χ2v) is 28.8. The second kappa shape index (κ2) is 28.5. The monoisotopic (exact) mass is 1540 g/mol. The number of rotatable bonds is 9. The minimum atomic E-state index is -0.700. The zero-order valence-electron chi connectivity index (χ0n) is 72.7. The van der Waals surface area contributed by atoms with E-state index >= 15 is 0 Å². The summed E-state index contributed by atoms with van der Waals surface area (Å²) in [7, 11) is 0. The Bertz CT molecular complexity index is 8760. The maximum Gasteiger partial charge on any atom is 0.167 e. The molecule has 0 radical (unpaired) electrons. The van der Waals surface area contributed by atoms with Crippen LogP contribution < -0.4 is 0 Å². The zero-order chi connectivity index (χ0) is 87.9. The molecule has 0 atom stereocenters. The minimum Gasteiger partial charge on any atom is -0.456 e. The third kappa shape index (κ3) is 11.8. The minimum absolute atomic E-state index is 0.0794. The molecule has 7 aromatic heterocycles. The van der Waals surface area contributed by atoms with Gasteiger partial charge in [0.2, 0.25) is 0 Å². The van der Waals surface area contributed by atoms with Crippen LogP contribution in [0.1, 0.15) is 36.0 Å². The molecule has 23 aromatic rings. The van der Waals surface area contributed by atoms with E-state index < -0.39 is 66.2 Å². The molecule has 24 rings (SSSR count). The van der Waals surface area contributed by atoms with Crippen LogP contribution in [0.25, 0.3) is 206 Å². The summed E-state index contributed by atoms with van der Waals surface area (Å²) in [5.74, 6) is -0.786. The van der Waals surface area contributed by atoms with Gasteiger partial charge in [0.15, 0.2) is 34.9 Å². The highest BCUT2D eigenvalue weighted by molar-refractivity contribution is 6.26. The van der Waals surface area contributed by atoms with Gasteiger partial charge in [-0.15, -0.1) is 0 Å². The summed E-state index contributed by atoms with van der Waals surface area (Å²) in [5, 5.41) is 30.0. The predicted octanol–water partition coefficient (Wildman–Crippen LogP) is 26.0. The Morgan fingerprint density at radius 1 is 0.311 bits per heavy atom. The van der Waals surface area contributed by atoms with Crippen molar-refractivity contribution in [1.29, 1.82) is 10.5 Å². The van der Waals surface area contributed by atoms with Gasteiger partial charge in [-0.3, -0.25) is 0 Å². The van der Waals surface area contributed by atoms with Crippen molar-refractivity contribution in [2.75, 3.05) is 0 Å². The molecule has 119 heavy (non-hydrogen) atoms. The molecule has 0 spiro atoms. The lowest BCUT2D eigenvalue weighted by Crippen LogP contribution is -2.04. The van der Waals surface area contributed by atoms with Gasteiger partial charge < -0.3 is 22.5 Å². The van der Waals surface area contributed by atoms with Crippen molar-refractivity contribution in [3.05, 3.63) is 392 Å². The van der Waals surface area contributed by atoms with Gasteiger partial charge in [-0.2, -0.15) is 10.5 Å². The fourth-order valence-electron chi connectivity index (χ4n) is 16.8. The number of halogens is 1. The van der Waals surface area contributed by atoms with Gasteiger partial charge >= 0.3 is 0 Å². The Labute approximate surface area is 693 Å². The largest absolute Gasteiger partial charge is 0.456 e. The Kier molecular flexibility index (Phi) is 14.2. The van der Waals surface area contributed by atoms with E-state index in [1.165, 1.54) is 61.9 Å². The normalized spacial score (nSPS) is 12.9. The lowest BCUT2D eigenvalue weighted by Gasteiger charge is -2.15. The number of hydrogen-bond acceptors (Lipinski definition) is 10. The lowest BCUT2D eigenvalue weighted by molar-refractivity contribution is 0.629. The average Bonchev–Trinajstić information content (AvgIpc) is 1.52. The summed E-state index contributed by atoms with van der Waals surface area (Å²) in [6, 6.07) is 98.3. The van der Waals surface area contributed by atoms with Crippen molar-refractivity contribution in [3.63, 3.8) is 0 Å². The predicted molar refractivity (Wildman–Crippen MR) is 474 cm³/mol.